The molecular formula is C15H27N. The molecule has 0 radical (unpaired) electrons. The van der Waals surface area contributed by atoms with Crippen LogP contribution in [0.15, 0.2) is 24.3 Å². The molecule has 0 saturated heterocycles. The molecule has 16 heavy (non-hydrogen) atoms. The highest BCUT2D eigenvalue weighted by Crippen LogP contribution is 2.06. The average molecular weight is 221 g/mol. The number of aryl methyl sites for hydroxylation is 1. The van der Waals surface area contributed by atoms with E-state index < -0.39 is 0 Å². The Morgan fingerprint density at radius 1 is 1.00 bits per heavy atom. The Kier molecular flexibility index (Phi) is 8.93. The second-order valence-electron chi connectivity index (χ2n) is 3.85. The van der Waals surface area contributed by atoms with Gasteiger partial charge < -0.3 is 0 Å². The molecule has 1 aromatic rings. The van der Waals surface area contributed by atoms with Gasteiger partial charge in [0.1, 0.15) is 0 Å². The number of rotatable bonds is 5. The molecule has 0 bridgehead atoms. The molecule has 92 valence electrons. The lowest BCUT2D eigenvalue weighted by atomic mass is 10.1. The van der Waals surface area contributed by atoms with Crippen molar-refractivity contribution in [1.29, 1.82) is 0 Å². The molecule has 0 aliphatic rings. The SMILES string of the molecule is CC.CCCN(CC)Cc1ccc(C)cc1. The second-order valence-corrected chi connectivity index (χ2v) is 3.85. The van der Waals surface area contributed by atoms with Gasteiger partial charge >= 0.3 is 0 Å². The van der Waals surface area contributed by atoms with Crippen LogP contribution in [0.25, 0.3) is 0 Å². The maximum absolute atomic E-state index is 2.48. The molecular weight excluding hydrogens is 194 g/mol. The van der Waals surface area contributed by atoms with E-state index >= 15 is 0 Å². The van der Waals surface area contributed by atoms with Crippen LogP contribution < -0.4 is 0 Å². The van der Waals surface area contributed by atoms with E-state index in [4.69, 9.17) is 0 Å². The first-order valence-electron chi connectivity index (χ1n) is 6.54. The lowest BCUT2D eigenvalue weighted by Crippen LogP contribution is -2.23. The van der Waals surface area contributed by atoms with Crippen LogP contribution >= 0.6 is 0 Å². The predicted molar refractivity (Wildman–Crippen MR) is 73.8 cm³/mol. The van der Waals surface area contributed by atoms with Gasteiger partial charge in [0.2, 0.25) is 0 Å². The molecule has 0 unspecified atom stereocenters. The summed E-state index contributed by atoms with van der Waals surface area (Å²) < 4.78 is 0. The van der Waals surface area contributed by atoms with Gasteiger partial charge in [0.05, 0.1) is 0 Å². The van der Waals surface area contributed by atoms with Gasteiger partial charge in [0.15, 0.2) is 0 Å². The van der Waals surface area contributed by atoms with E-state index in [9.17, 15) is 0 Å². The Morgan fingerprint density at radius 3 is 2.00 bits per heavy atom. The summed E-state index contributed by atoms with van der Waals surface area (Å²) in [5.41, 5.74) is 2.76. The van der Waals surface area contributed by atoms with Crippen molar-refractivity contribution in [2.24, 2.45) is 0 Å². The number of hydrogen-bond acceptors (Lipinski definition) is 1. The fourth-order valence-electron chi connectivity index (χ4n) is 1.62. The molecule has 0 N–H and O–H groups in total. The zero-order chi connectivity index (χ0) is 12.4. The van der Waals surface area contributed by atoms with Gasteiger partial charge in [-0.25, -0.2) is 0 Å². The topological polar surface area (TPSA) is 3.24 Å². The summed E-state index contributed by atoms with van der Waals surface area (Å²) in [4.78, 5) is 2.48. The van der Waals surface area contributed by atoms with Crippen molar-refractivity contribution in [3.05, 3.63) is 35.4 Å². The van der Waals surface area contributed by atoms with Gasteiger partial charge in [-0.15, -0.1) is 0 Å². The summed E-state index contributed by atoms with van der Waals surface area (Å²) in [6.07, 6.45) is 1.24. The van der Waals surface area contributed by atoms with Gasteiger partial charge in [-0.2, -0.15) is 0 Å². The fourth-order valence-corrected chi connectivity index (χ4v) is 1.62. The fraction of sp³-hybridized carbons (Fsp3) is 0.600. The predicted octanol–water partition coefficient (Wildman–Crippen LogP) is 4.25. The summed E-state index contributed by atoms with van der Waals surface area (Å²) in [6, 6.07) is 8.84. The van der Waals surface area contributed by atoms with E-state index in [2.05, 4.69) is 49.9 Å². The molecule has 0 aliphatic carbocycles. The monoisotopic (exact) mass is 221 g/mol. The number of hydrogen-bond donors (Lipinski definition) is 0. The van der Waals surface area contributed by atoms with Crippen LogP contribution in [-0.4, -0.2) is 18.0 Å². The Bertz CT molecular complexity index is 251. The second kappa shape index (κ2) is 9.41. The van der Waals surface area contributed by atoms with E-state index in [1.807, 2.05) is 13.8 Å². The van der Waals surface area contributed by atoms with Crippen LogP contribution in [-0.2, 0) is 6.54 Å². The first-order valence-corrected chi connectivity index (χ1v) is 6.54. The van der Waals surface area contributed by atoms with Gasteiger partial charge in [-0.05, 0) is 32.0 Å². The highest BCUT2D eigenvalue weighted by molar-refractivity contribution is 5.21. The van der Waals surface area contributed by atoms with Crippen LogP contribution in [0.4, 0.5) is 0 Å². The summed E-state index contributed by atoms with van der Waals surface area (Å²) in [7, 11) is 0. The molecule has 1 heteroatoms. The Hall–Kier alpha value is -0.820. The van der Waals surface area contributed by atoms with Crippen molar-refractivity contribution in [2.45, 2.75) is 47.6 Å². The third kappa shape index (κ3) is 5.92. The van der Waals surface area contributed by atoms with E-state index in [1.165, 1.54) is 24.1 Å². The molecule has 0 fully saturated rings. The lowest BCUT2D eigenvalue weighted by molar-refractivity contribution is 0.280. The largest absolute Gasteiger partial charge is 0.299 e. The Morgan fingerprint density at radius 2 is 1.56 bits per heavy atom. The quantitative estimate of drug-likeness (QED) is 0.718. The van der Waals surface area contributed by atoms with E-state index in [1.54, 1.807) is 0 Å². The van der Waals surface area contributed by atoms with Crippen LogP contribution in [0.2, 0.25) is 0 Å². The van der Waals surface area contributed by atoms with Gasteiger partial charge in [-0.1, -0.05) is 57.5 Å². The van der Waals surface area contributed by atoms with Crippen molar-refractivity contribution in [1.82, 2.24) is 4.90 Å². The number of benzene rings is 1. The molecule has 0 heterocycles. The molecule has 0 atom stereocenters. The molecule has 0 saturated carbocycles. The molecule has 1 rings (SSSR count). The molecule has 0 aliphatic heterocycles. The van der Waals surface area contributed by atoms with Crippen molar-refractivity contribution in [2.75, 3.05) is 13.1 Å². The van der Waals surface area contributed by atoms with Crippen molar-refractivity contribution < 1.29 is 0 Å². The summed E-state index contributed by atoms with van der Waals surface area (Å²) in [5, 5.41) is 0. The molecule has 1 aromatic carbocycles. The molecule has 1 nitrogen and oxygen atoms in total. The van der Waals surface area contributed by atoms with E-state index in [0.717, 1.165) is 13.1 Å². The van der Waals surface area contributed by atoms with Gasteiger partial charge in [0, 0.05) is 6.54 Å². The van der Waals surface area contributed by atoms with Crippen LogP contribution in [0.3, 0.4) is 0 Å². The maximum Gasteiger partial charge on any atom is 0.0233 e. The average Bonchev–Trinajstić information content (AvgIpc) is 2.34. The summed E-state index contributed by atoms with van der Waals surface area (Å²) in [5.74, 6) is 0. The minimum absolute atomic E-state index is 1.09. The van der Waals surface area contributed by atoms with E-state index in [-0.39, 0.29) is 0 Å². The first-order chi connectivity index (χ1) is 7.76. The third-order valence-corrected chi connectivity index (χ3v) is 2.51. The van der Waals surface area contributed by atoms with Crippen LogP contribution in [0.5, 0.6) is 0 Å². The van der Waals surface area contributed by atoms with Crippen molar-refractivity contribution >= 4 is 0 Å². The Labute approximate surface area is 101 Å². The third-order valence-electron chi connectivity index (χ3n) is 2.51. The normalized spacial score (nSPS) is 9.88. The molecule has 0 spiro atoms. The smallest absolute Gasteiger partial charge is 0.0233 e. The van der Waals surface area contributed by atoms with Gasteiger partial charge in [0.25, 0.3) is 0 Å². The number of nitrogens with zero attached hydrogens (tertiary/aromatic N) is 1. The Balaban J connectivity index is 0.00000106. The molecule has 0 amide bonds. The van der Waals surface area contributed by atoms with Crippen molar-refractivity contribution in [3.63, 3.8) is 0 Å². The van der Waals surface area contributed by atoms with Crippen molar-refractivity contribution in [3.8, 4) is 0 Å². The maximum atomic E-state index is 2.48. The highest BCUT2D eigenvalue weighted by atomic mass is 15.1. The minimum Gasteiger partial charge on any atom is -0.299 e. The zero-order valence-electron chi connectivity index (χ0n) is 11.6. The van der Waals surface area contributed by atoms with Gasteiger partial charge in [-0.3, -0.25) is 4.90 Å². The van der Waals surface area contributed by atoms with E-state index in [0.29, 0.717) is 0 Å². The standard InChI is InChI=1S/C13H21N.C2H6/c1-4-10-14(5-2)11-13-8-6-12(3)7-9-13;1-2/h6-9H,4-5,10-11H2,1-3H3;1-2H3. The minimum atomic E-state index is 1.09. The first kappa shape index (κ1) is 15.2. The summed E-state index contributed by atoms with van der Waals surface area (Å²) >= 11 is 0. The zero-order valence-corrected chi connectivity index (χ0v) is 11.6. The molecule has 0 aromatic heterocycles. The van der Waals surface area contributed by atoms with Crippen LogP contribution in [0, 0.1) is 6.92 Å². The van der Waals surface area contributed by atoms with Crippen LogP contribution in [0.1, 0.15) is 45.2 Å². The summed E-state index contributed by atoms with van der Waals surface area (Å²) in [6.45, 7) is 14.0. The highest BCUT2D eigenvalue weighted by Gasteiger charge is 2.01. The lowest BCUT2D eigenvalue weighted by Gasteiger charge is -2.19.